The van der Waals surface area contributed by atoms with Crippen molar-refractivity contribution in [3.63, 3.8) is 0 Å². The lowest BCUT2D eigenvalue weighted by atomic mass is 9.92. The Hall–Kier alpha value is -1.91. The van der Waals surface area contributed by atoms with Gasteiger partial charge in [-0.05, 0) is 42.7 Å². The lowest BCUT2D eigenvalue weighted by Gasteiger charge is -2.28. The molecule has 1 aliphatic rings. The van der Waals surface area contributed by atoms with Crippen LogP contribution >= 0.6 is 0 Å². The Morgan fingerprint density at radius 3 is 2.87 bits per heavy atom. The van der Waals surface area contributed by atoms with Gasteiger partial charge in [0.25, 0.3) is 0 Å². The van der Waals surface area contributed by atoms with Crippen LogP contribution in [0.1, 0.15) is 36.9 Å². The molecule has 4 nitrogen and oxygen atoms in total. The van der Waals surface area contributed by atoms with Crippen LogP contribution in [0.25, 0.3) is 0 Å². The molecule has 0 spiro atoms. The van der Waals surface area contributed by atoms with Crippen molar-refractivity contribution in [1.29, 1.82) is 0 Å². The fourth-order valence-electron chi connectivity index (χ4n) is 2.98. The largest absolute Gasteiger partial charge is 0.487 e. The summed E-state index contributed by atoms with van der Waals surface area (Å²) in [6.45, 7) is 1.22. The number of rotatable bonds is 6. The Bertz CT molecular complexity index is 603. The third kappa shape index (κ3) is 4.78. The molecule has 2 N–H and O–H groups in total. The van der Waals surface area contributed by atoms with Gasteiger partial charge in [-0.15, -0.1) is 0 Å². The number of aliphatic hydroxyl groups is 1. The van der Waals surface area contributed by atoms with E-state index in [4.69, 9.17) is 4.74 Å². The molecule has 1 fully saturated rings. The maximum atomic E-state index is 10.0. The van der Waals surface area contributed by atoms with Crippen molar-refractivity contribution in [2.45, 2.75) is 51.0 Å². The number of ether oxygens (including phenoxy) is 1. The van der Waals surface area contributed by atoms with Crippen molar-refractivity contribution >= 4 is 0 Å². The molecular weight excluding hydrogens is 288 g/mol. The van der Waals surface area contributed by atoms with Crippen LogP contribution in [-0.4, -0.2) is 22.2 Å². The van der Waals surface area contributed by atoms with E-state index in [-0.39, 0.29) is 12.1 Å². The Kier molecular flexibility index (Phi) is 5.61. The summed E-state index contributed by atoms with van der Waals surface area (Å²) in [7, 11) is 0. The first-order chi connectivity index (χ1) is 11.3. The molecule has 0 unspecified atom stereocenters. The third-order valence-corrected chi connectivity index (χ3v) is 4.31. The van der Waals surface area contributed by atoms with Gasteiger partial charge in [-0.2, -0.15) is 0 Å². The second kappa shape index (κ2) is 8.09. The van der Waals surface area contributed by atoms with Crippen LogP contribution in [-0.2, 0) is 13.2 Å². The summed E-state index contributed by atoms with van der Waals surface area (Å²) < 4.78 is 5.81. The van der Waals surface area contributed by atoms with E-state index >= 15 is 0 Å². The van der Waals surface area contributed by atoms with Crippen LogP contribution in [0, 0.1) is 0 Å². The second-order valence-corrected chi connectivity index (χ2v) is 6.10. The Morgan fingerprint density at radius 1 is 1.13 bits per heavy atom. The molecule has 1 saturated carbocycles. The summed E-state index contributed by atoms with van der Waals surface area (Å²) in [6.07, 6.45) is 5.85. The van der Waals surface area contributed by atoms with Gasteiger partial charge < -0.3 is 15.2 Å². The van der Waals surface area contributed by atoms with Gasteiger partial charge in [-0.3, -0.25) is 4.98 Å². The Labute approximate surface area is 137 Å². The molecule has 0 radical (unpaired) electrons. The fourth-order valence-corrected chi connectivity index (χ4v) is 2.98. The van der Waals surface area contributed by atoms with Gasteiger partial charge in [-0.1, -0.05) is 31.0 Å². The van der Waals surface area contributed by atoms with Crippen LogP contribution in [0.15, 0.2) is 48.7 Å². The van der Waals surface area contributed by atoms with Gasteiger partial charge in [0.15, 0.2) is 0 Å². The molecule has 0 saturated heterocycles. The number of hydrogen-bond donors (Lipinski definition) is 2. The Morgan fingerprint density at radius 2 is 2.04 bits per heavy atom. The van der Waals surface area contributed by atoms with Crippen LogP contribution in [0.5, 0.6) is 5.75 Å². The predicted octanol–water partition coefficient (Wildman–Crippen LogP) is 3.05. The highest BCUT2D eigenvalue weighted by molar-refractivity contribution is 5.28. The van der Waals surface area contributed by atoms with Gasteiger partial charge >= 0.3 is 0 Å². The van der Waals surface area contributed by atoms with Gasteiger partial charge in [0, 0.05) is 18.8 Å². The lowest BCUT2D eigenvalue weighted by molar-refractivity contribution is 0.0902. The molecule has 1 aliphatic carbocycles. The first kappa shape index (κ1) is 16.0. The van der Waals surface area contributed by atoms with Crippen molar-refractivity contribution in [1.82, 2.24) is 10.3 Å². The summed E-state index contributed by atoms with van der Waals surface area (Å²) in [5, 5.41) is 13.5. The van der Waals surface area contributed by atoms with E-state index in [1.54, 1.807) is 6.20 Å². The van der Waals surface area contributed by atoms with Crippen molar-refractivity contribution in [3.05, 3.63) is 59.9 Å². The summed E-state index contributed by atoms with van der Waals surface area (Å²) in [5.74, 6) is 0.846. The number of aliphatic hydroxyl groups excluding tert-OH is 1. The average molecular weight is 312 g/mol. The van der Waals surface area contributed by atoms with Crippen LogP contribution in [0.3, 0.4) is 0 Å². The number of hydrogen-bond acceptors (Lipinski definition) is 4. The molecule has 122 valence electrons. The maximum absolute atomic E-state index is 10.0. The number of nitrogens with one attached hydrogen (secondary N) is 1. The van der Waals surface area contributed by atoms with Crippen LogP contribution in [0.2, 0.25) is 0 Å². The molecular formula is C19H24N2O2. The fraction of sp³-hybridized carbons (Fsp3) is 0.421. The summed E-state index contributed by atoms with van der Waals surface area (Å²) in [5.41, 5.74) is 2.09. The molecule has 1 heterocycles. The molecule has 2 atom stereocenters. The first-order valence-electron chi connectivity index (χ1n) is 8.34. The normalized spacial score (nSPS) is 21.1. The first-order valence-corrected chi connectivity index (χ1v) is 8.34. The minimum absolute atomic E-state index is 0.210. The number of aromatic nitrogens is 1. The molecule has 23 heavy (non-hydrogen) atoms. The summed E-state index contributed by atoms with van der Waals surface area (Å²) in [6, 6.07) is 14.1. The standard InChI is InChI=1S/C19H24N2O2/c22-19-10-2-1-9-18(19)21-13-15-6-5-8-17(12-15)23-14-16-7-3-4-11-20-16/h3-8,11-12,18-19,21-22H,1-2,9-10,13-14H2/t18-,19-/m1/s1. The Balaban J connectivity index is 1.52. The smallest absolute Gasteiger partial charge is 0.130 e. The van der Waals surface area contributed by atoms with Gasteiger partial charge in [0.2, 0.25) is 0 Å². The highest BCUT2D eigenvalue weighted by Gasteiger charge is 2.22. The number of nitrogens with zero attached hydrogens (tertiary/aromatic N) is 1. The topological polar surface area (TPSA) is 54.4 Å². The highest BCUT2D eigenvalue weighted by Crippen LogP contribution is 2.20. The van der Waals surface area contributed by atoms with Crippen LogP contribution < -0.4 is 10.1 Å². The van der Waals surface area contributed by atoms with E-state index in [9.17, 15) is 5.11 Å². The predicted molar refractivity (Wildman–Crippen MR) is 90.1 cm³/mol. The van der Waals surface area contributed by atoms with Crippen LogP contribution in [0.4, 0.5) is 0 Å². The molecule has 0 aliphatic heterocycles. The van der Waals surface area contributed by atoms with Gasteiger partial charge in [-0.25, -0.2) is 0 Å². The number of pyridine rings is 1. The van der Waals surface area contributed by atoms with Crippen molar-refractivity contribution in [2.24, 2.45) is 0 Å². The molecule has 2 aromatic rings. The van der Waals surface area contributed by atoms with Crippen molar-refractivity contribution in [3.8, 4) is 5.75 Å². The summed E-state index contributed by atoms with van der Waals surface area (Å²) in [4.78, 5) is 4.26. The highest BCUT2D eigenvalue weighted by atomic mass is 16.5. The average Bonchev–Trinajstić information content (AvgIpc) is 2.61. The van der Waals surface area contributed by atoms with E-state index < -0.39 is 0 Å². The monoisotopic (exact) mass is 312 g/mol. The number of benzene rings is 1. The third-order valence-electron chi connectivity index (χ3n) is 4.31. The maximum Gasteiger partial charge on any atom is 0.130 e. The van der Waals surface area contributed by atoms with E-state index in [1.807, 2.05) is 36.4 Å². The zero-order valence-electron chi connectivity index (χ0n) is 13.3. The molecule has 0 bridgehead atoms. The van der Waals surface area contributed by atoms with E-state index in [0.29, 0.717) is 6.61 Å². The van der Waals surface area contributed by atoms with E-state index in [1.165, 1.54) is 12.0 Å². The van der Waals surface area contributed by atoms with Crippen molar-refractivity contribution < 1.29 is 9.84 Å². The van der Waals surface area contributed by atoms with E-state index in [0.717, 1.165) is 37.3 Å². The minimum Gasteiger partial charge on any atom is -0.487 e. The zero-order valence-corrected chi connectivity index (χ0v) is 13.3. The minimum atomic E-state index is -0.215. The quantitative estimate of drug-likeness (QED) is 0.861. The molecule has 3 rings (SSSR count). The van der Waals surface area contributed by atoms with Gasteiger partial charge in [0.05, 0.1) is 11.8 Å². The zero-order chi connectivity index (χ0) is 15.9. The molecule has 1 aromatic heterocycles. The molecule has 1 aromatic carbocycles. The SMILES string of the molecule is O[C@@H]1CCCC[C@H]1NCc1cccc(OCc2ccccn2)c1. The molecule has 4 heteroatoms. The molecule has 0 amide bonds. The summed E-state index contributed by atoms with van der Waals surface area (Å²) >= 11 is 0. The lowest BCUT2D eigenvalue weighted by Crippen LogP contribution is -2.41. The van der Waals surface area contributed by atoms with Gasteiger partial charge in [0.1, 0.15) is 12.4 Å². The van der Waals surface area contributed by atoms with E-state index in [2.05, 4.69) is 16.4 Å². The second-order valence-electron chi connectivity index (χ2n) is 6.10. The van der Waals surface area contributed by atoms with Crippen molar-refractivity contribution in [2.75, 3.05) is 0 Å².